The molecule has 3 heterocycles. The summed E-state index contributed by atoms with van der Waals surface area (Å²) in [5.74, 6) is 1.28. The van der Waals surface area contributed by atoms with Crippen LogP contribution in [0.3, 0.4) is 0 Å². The molecule has 2 aliphatic rings. The Morgan fingerprint density at radius 1 is 1.08 bits per heavy atom. The number of likely N-dealkylation sites (tertiary alicyclic amines) is 1. The minimum Gasteiger partial charge on any atom is -0.496 e. The lowest BCUT2D eigenvalue weighted by Gasteiger charge is -2.36. The molecule has 1 saturated carbocycles. The van der Waals surface area contributed by atoms with E-state index in [9.17, 15) is 20.0 Å². The maximum absolute atomic E-state index is 14.7. The average Bonchev–Trinajstić information content (AvgIpc) is 3.73. The number of amides is 2. The number of pyridine rings is 1. The fourth-order valence-electron chi connectivity index (χ4n) is 7.34. The van der Waals surface area contributed by atoms with Gasteiger partial charge in [0.25, 0.3) is 0 Å². The summed E-state index contributed by atoms with van der Waals surface area (Å²) in [7, 11) is 1.62. The van der Waals surface area contributed by atoms with Crippen LogP contribution in [-0.4, -0.2) is 63.5 Å². The predicted octanol–water partition coefficient (Wildman–Crippen LogP) is 8.26. The van der Waals surface area contributed by atoms with Gasteiger partial charge in [-0.1, -0.05) is 39.2 Å². The van der Waals surface area contributed by atoms with Crippen molar-refractivity contribution in [1.29, 1.82) is 5.26 Å². The molecule has 1 N–H and O–H groups in total. The Hall–Kier alpha value is -4.53. The minimum atomic E-state index is -1.22. The molecular formula is C38H43N4O6S+. The molecule has 0 radical (unpaired) electrons. The van der Waals surface area contributed by atoms with E-state index in [-0.39, 0.29) is 18.4 Å². The van der Waals surface area contributed by atoms with Gasteiger partial charge in [0, 0.05) is 34.7 Å². The molecule has 2 amide bonds. The first-order chi connectivity index (χ1) is 23.5. The number of hydrogen-bond acceptors (Lipinski definition) is 9. The van der Waals surface area contributed by atoms with Crippen LogP contribution in [0.15, 0.2) is 47.8 Å². The number of thiazole rings is 1. The van der Waals surface area contributed by atoms with Crippen LogP contribution in [0.25, 0.3) is 21.6 Å². The molecule has 2 unspecified atom stereocenters. The molecule has 4 aromatic rings. The van der Waals surface area contributed by atoms with Gasteiger partial charge in [0.15, 0.2) is 6.10 Å². The number of methoxy groups -OCH3 is 1. The molecule has 256 valence electrons. The molecule has 2 aromatic carbocycles. The quantitative estimate of drug-likeness (QED) is 0.173. The van der Waals surface area contributed by atoms with Crippen molar-refractivity contribution in [3.8, 4) is 34.0 Å². The number of benzene rings is 2. The maximum Gasteiger partial charge on any atom is 0.521 e. The highest BCUT2D eigenvalue weighted by Gasteiger charge is 2.60. The zero-order valence-electron chi connectivity index (χ0n) is 28.6. The van der Waals surface area contributed by atoms with Crippen LogP contribution in [0.1, 0.15) is 82.0 Å². The van der Waals surface area contributed by atoms with E-state index < -0.39 is 34.7 Å². The number of carboxylic acid groups (broad SMARTS) is 1. The first-order valence-electron chi connectivity index (χ1n) is 17.0. The number of aromatic nitrogens is 2. The predicted molar refractivity (Wildman–Crippen MR) is 187 cm³/mol. The molecule has 0 spiro atoms. The van der Waals surface area contributed by atoms with Gasteiger partial charge >= 0.3 is 12.0 Å². The Bertz CT molecular complexity index is 1910. The number of nitriles is 1. The van der Waals surface area contributed by atoms with Gasteiger partial charge in [-0.05, 0) is 62.9 Å². The number of aryl methyl sites for hydroxylation is 1. The Balaban J connectivity index is 1.36. The van der Waals surface area contributed by atoms with Crippen LogP contribution in [0.4, 0.5) is 4.79 Å². The second-order valence-electron chi connectivity index (χ2n) is 13.6. The highest BCUT2D eigenvalue weighted by Crippen LogP contribution is 2.40. The van der Waals surface area contributed by atoms with Gasteiger partial charge in [-0.25, -0.2) is 14.8 Å². The largest absolute Gasteiger partial charge is 0.521 e. The molecule has 2 aromatic heterocycles. The summed E-state index contributed by atoms with van der Waals surface area (Å²) in [5, 5.41) is 23.9. The minimum absolute atomic E-state index is 0.0524. The van der Waals surface area contributed by atoms with Crippen molar-refractivity contribution < 1.29 is 33.4 Å². The van der Waals surface area contributed by atoms with Gasteiger partial charge in [0.2, 0.25) is 6.10 Å². The second kappa shape index (κ2) is 14.1. The molecule has 1 saturated heterocycles. The molecule has 11 heteroatoms. The highest BCUT2D eigenvalue weighted by molar-refractivity contribution is 7.13. The van der Waals surface area contributed by atoms with Crippen LogP contribution >= 0.6 is 11.3 Å². The van der Waals surface area contributed by atoms with E-state index in [1.807, 2.05) is 30.5 Å². The normalized spacial score (nSPS) is 21.7. The van der Waals surface area contributed by atoms with Gasteiger partial charge in [0.05, 0.1) is 30.0 Å². The van der Waals surface area contributed by atoms with E-state index in [0.29, 0.717) is 40.4 Å². The lowest BCUT2D eigenvalue weighted by atomic mass is 9.84. The first-order valence-corrected chi connectivity index (χ1v) is 17.9. The SMILES string of the molecule is COc1ccc2c(O[C@@H]3CC(C)[N+](C(=O)O)(C(=O)[C@@H](Oc4cccc(C#N)c4)C4CCCCC4)C3)cc(-c3nc(C(C)C)cs3)nc2c1C. The summed E-state index contributed by atoms with van der Waals surface area (Å²) in [5.41, 5.74) is 3.60. The molecule has 10 nitrogen and oxygen atoms in total. The zero-order chi connectivity index (χ0) is 34.9. The summed E-state index contributed by atoms with van der Waals surface area (Å²) in [6, 6.07) is 13.9. The van der Waals surface area contributed by atoms with Crippen LogP contribution in [-0.2, 0) is 4.79 Å². The topological polar surface area (TPSA) is 132 Å². The Labute approximate surface area is 290 Å². The lowest BCUT2D eigenvalue weighted by Crippen LogP contribution is -2.64. The zero-order valence-corrected chi connectivity index (χ0v) is 29.5. The summed E-state index contributed by atoms with van der Waals surface area (Å²) >= 11 is 1.52. The molecule has 1 aliphatic carbocycles. The number of carbonyl (C=O) groups is 2. The summed E-state index contributed by atoms with van der Waals surface area (Å²) in [6.07, 6.45) is 2.08. The van der Waals surface area contributed by atoms with Crippen molar-refractivity contribution in [2.45, 2.75) is 90.4 Å². The van der Waals surface area contributed by atoms with Crippen molar-refractivity contribution in [3.63, 3.8) is 0 Å². The third-order valence-electron chi connectivity index (χ3n) is 10.1. The summed E-state index contributed by atoms with van der Waals surface area (Å²) < 4.78 is 17.9. The van der Waals surface area contributed by atoms with Crippen molar-refractivity contribution in [2.24, 2.45) is 5.92 Å². The summed E-state index contributed by atoms with van der Waals surface area (Å²) in [4.78, 5) is 37.8. The van der Waals surface area contributed by atoms with E-state index in [4.69, 9.17) is 24.2 Å². The van der Waals surface area contributed by atoms with Gasteiger partial charge in [-0.3, -0.25) is 0 Å². The van der Waals surface area contributed by atoms with Crippen molar-refractivity contribution in [3.05, 3.63) is 64.7 Å². The molecule has 0 bridgehead atoms. The molecule has 2 fully saturated rings. The number of nitrogens with zero attached hydrogens (tertiary/aromatic N) is 4. The van der Waals surface area contributed by atoms with Crippen molar-refractivity contribution >= 4 is 34.2 Å². The van der Waals surface area contributed by atoms with E-state index in [2.05, 4.69) is 19.9 Å². The first kappa shape index (κ1) is 34.3. The van der Waals surface area contributed by atoms with E-state index in [0.717, 1.165) is 53.8 Å². The fraction of sp³-hybridized carbons (Fsp3) is 0.447. The van der Waals surface area contributed by atoms with Gasteiger partial charge in [-0.2, -0.15) is 14.5 Å². The average molecular weight is 684 g/mol. The lowest BCUT2D eigenvalue weighted by molar-refractivity contribution is -0.795. The van der Waals surface area contributed by atoms with Crippen molar-refractivity contribution in [2.75, 3.05) is 13.7 Å². The fourth-order valence-corrected chi connectivity index (χ4v) is 8.28. The van der Waals surface area contributed by atoms with Gasteiger partial charge in [-0.15, -0.1) is 11.3 Å². The van der Waals surface area contributed by atoms with Crippen molar-refractivity contribution in [1.82, 2.24) is 9.97 Å². The van der Waals surface area contributed by atoms with Crippen LogP contribution in [0.5, 0.6) is 17.2 Å². The van der Waals surface area contributed by atoms with E-state index in [1.165, 1.54) is 11.3 Å². The molecule has 1 aliphatic heterocycles. The second-order valence-corrected chi connectivity index (χ2v) is 14.5. The Morgan fingerprint density at radius 2 is 1.86 bits per heavy atom. The van der Waals surface area contributed by atoms with Gasteiger partial charge < -0.3 is 19.3 Å². The molecular weight excluding hydrogens is 641 g/mol. The number of ether oxygens (including phenoxy) is 3. The third-order valence-corrected chi connectivity index (χ3v) is 11.0. The Kier molecular flexibility index (Phi) is 9.91. The Morgan fingerprint density at radius 3 is 2.53 bits per heavy atom. The summed E-state index contributed by atoms with van der Waals surface area (Å²) in [6.45, 7) is 7.89. The number of rotatable bonds is 9. The number of quaternary nitrogens is 1. The van der Waals surface area contributed by atoms with Crippen LogP contribution < -0.4 is 14.2 Å². The smallest absolute Gasteiger partial charge is 0.496 e. The number of carbonyl (C=O) groups excluding carboxylic acids is 1. The van der Waals surface area contributed by atoms with Crippen LogP contribution in [0.2, 0.25) is 0 Å². The molecule has 6 rings (SSSR count). The number of fused-ring (bicyclic) bond motifs is 1. The van der Waals surface area contributed by atoms with E-state index >= 15 is 0 Å². The van der Waals surface area contributed by atoms with Gasteiger partial charge in [0.1, 0.15) is 40.5 Å². The monoisotopic (exact) mass is 683 g/mol. The number of hydrogen-bond donors (Lipinski definition) is 1. The third kappa shape index (κ3) is 6.59. The maximum atomic E-state index is 14.7. The standard InChI is InChI=1S/C38H42N4O6S/c1-22(2)31-21-49-36(41-31)30-18-33(29-14-15-32(46-5)24(4)34(29)40-30)47-28-16-23(3)42(20-28,38(44)45)37(43)35(26-11-7-6-8-12-26)48-27-13-9-10-25(17-27)19-39/h9-10,13-15,17-18,21-23,26,28,35H,6-8,11-12,16,20H2,1-5H3/p+1/t23?,28-,35+,42?/m1/s1. The molecule has 49 heavy (non-hydrogen) atoms. The highest BCUT2D eigenvalue weighted by atomic mass is 32.1. The van der Waals surface area contributed by atoms with E-state index in [1.54, 1.807) is 38.3 Å². The molecule has 4 atom stereocenters. The van der Waals surface area contributed by atoms with Crippen LogP contribution in [0, 0.1) is 24.2 Å². The number of imide groups is 1.